The maximum atomic E-state index is 13.4. The third kappa shape index (κ3) is 2.94. The minimum atomic E-state index is -1.09. The van der Waals surface area contributed by atoms with Gasteiger partial charge >= 0.3 is 5.97 Å². The molecule has 0 saturated heterocycles. The van der Waals surface area contributed by atoms with E-state index in [2.05, 4.69) is 11.1 Å². The molecule has 0 saturated carbocycles. The van der Waals surface area contributed by atoms with Crippen molar-refractivity contribution in [1.82, 2.24) is 4.98 Å². The van der Waals surface area contributed by atoms with Crippen LogP contribution in [0.4, 0.5) is 4.39 Å². The monoisotopic (exact) mass is 369 g/mol. The van der Waals surface area contributed by atoms with Crippen molar-refractivity contribution in [2.24, 2.45) is 0 Å². The fraction of sp³-hybridized carbons (Fsp3) is 0.0588. The first-order chi connectivity index (χ1) is 10.1. The van der Waals surface area contributed by atoms with Crippen LogP contribution >= 0.6 is 0 Å². The quantitative estimate of drug-likeness (QED) is 0.699. The summed E-state index contributed by atoms with van der Waals surface area (Å²) in [5.41, 5.74) is 2.46. The topological polar surface area (TPSA) is 50.2 Å². The predicted molar refractivity (Wildman–Crippen MR) is 77.7 cm³/mol. The Morgan fingerprint density at radius 2 is 1.91 bits per heavy atom. The van der Waals surface area contributed by atoms with Crippen LogP contribution in [0.1, 0.15) is 15.9 Å². The summed E-state index contributed by atoms with van der Waals surface area (Å²) >= 11 is 0. The molecule has 3 rings (SSSR count). The second-order valence-corrected chi connectivity index (χ2v) is 4.72. The predicted octanol–water partition coefficient (Wildman–Crippen LogP) is 3.85. The second-order valence-electron chi connectivity index (χ2n) is 4.72. The third-order valence-electron chi connectivity index (χ3n) is 3.40. The maximum Gasteiger partial charge on any atom is 0.336 e. The van der Waals surface area contributed by atoms with Crippen LogP contribution in [0.15, 0.2) is 42.5 Å². The van der Waals surface area contributed by atoms with E-state index in [1.54, 1.807) is 19.1 Å². The molecule has 0 fully saturated rings. The van der Waals surface area contributed by atoms with Gasteiger partial charge in [-0.2, -0.15) is 30.3 Å². The Kier molecular flexibility index (Phi) is 5.04. The van der Waals surface area contributed by atoms with Gasteiger partial charge in [-0.25, -0.2) is 14.2 Å². The first kappa shape index (κ1) is 16.7. The molecule has 0 amide bonds. The molecule has 3 aromatic rings. The van der Waals surface area contributed by atoms with E-state index in [4.69, 9.17) is 0 Å². The molecule has 5 heteroatoms. The van der Waals surface area contributed by atoms with Crippen molar-refractivity contribution >= 4 is 16.9 Å². The number of hydrogen-bond donors (Lipinski definition) is 1. The minimum Gasteiger partial charge on any atom is -0.478 e. The minimum absolute atomic E-state index is 0. The van der Waals surface area contributed by atoms with E-state index in [-0.39, 0.29) is 38.3 Å². The summed E-state index contributed by atoms with van der Waals surface area (Å²) in [7, 11) is 0. The number of nitrogens with zero attached hydrogens (tertiary/aromatic N) is 1. The average Bonchev–Trinajstić information content (AvgIpc) is 2.47. The molecule has 0 unspecified atom stereocenters. The molecule has 1 heterocycles. The summed E-state index contributed by atoms with van der Waals surface area (Å²) in [6, 6.07) is 14.0. The van der Waals surface area contributed by atoms with Crippen molar-refractivity contribution in [3.63, 3.8) is 0 Å². The van der Waals surface area contributed by atoms with Crippen LogP contribution in [-0.4, -0.2) is 16.1 Å². The molecule has 1 aromatic heterocycles. The zero-order chi connectivity index (χ0) is 15.0. The Bertz CT molecular complexity index is 850. The van der Waals surface area contributed by atoms with E-state index in [1.165, 1.54) is 18.2 Å². The van der Waals surface area contributed by atoms with Crippen LogP contribution in [0.25, 0.3) is 22.2 Å². The van der Waals surface area contributed by atoms with Crippen molar-refractivity contribution in [3.05, 3.63) is 65.5 Å². The number of fused-ring (bicyclic) bond motifs is 1. The van der Waals surface area contributed by atoms with Crippen LogP contribution in [0.5, 0.6) is 0 Å². The molecule has 3 nitrogen and oxygen atoms in total. The molecule has 0 spiro atoms. The van der Waals surface area contributed by atoms with Crippen LogP contribution in [0.2, 0.25) is 0 Å². The van der Waals surface area contributed by atoms with Gasteiger partial charge in [0, 0.05) is 38.1 Å². The van der Waals surface area contributed by atoms with E-state index in [0.29, 0.717) is 22.2 Å². The number of aromatic nitrogens is 1. The smallest absolute Gasteiger partial charge is 0.336 e. The molecule has 22 heavy (non-hydrogen) atoms. The number of rotatable bonds is 2. The maximum absolute atomic E-state index is 13.4. The van der Waals surface area contributed by atoms with E-state index < -0.39 is 11.8 Å². The molecule has 0 aliphatic heterocycles. The third-order valence-corrected chi connectivity index (χ3v) is 3.40. The molecule has 2 aromatic carbocycles. The van der Waals surface area contributed by atoms with E-state index in [9.17, 15) is 14.3 Å². The van der Waals surface area contributed by atoms with Gasteiger partial charge in [-0.15, -0.1) is 5.56 Å². The summed E-state index contributed by atoms with van der Waals surface area (Å²) in [5.74, 6) is -1.57. The summed E-state index contributed by atoms with van der Waals surface area (Å²) in [6.45, 7) is 1.69. The number of carbonyl (C=O) groups is 1. The van der Waals surface area contributed by atoms with Crippen molar-refractivity contribution in [3.8, 4) is 11.3 Å². The normalized spacial score (nSPS) is 10.3. The molecule has 1 radical (unpaired) electrons. The second kappa shape index (κ2) is 6.63. The number of carboxylic acid groups (broad SMARTS) is 1. The molecule has 0 aliphatic rings. The molecule has 0 bridgehead atoms. The van der Waals surface area contributed by atoms with Gasteiger partial charge < -0.3 is 5.11 Å². The van der Waals surface area contributed by atoms with Gasteiger partial charge in [0.1, 0.15) is 5.82 Å². The number of halogens is 1. The van der Waals surface area contributed by atoms with Crippen LogP contribution in [0.3, 0.4) is 0 Å². The number of carboxylic acids is 1. The fourth-order valence-corrected chi connectivity index (χ4v) is 2.43. The SMILES string of the molecule is Cc1c(-c2cc[c-]cc2)nc2ccc(F)cc2c1C(=O)O.[Y]. The Morgan fingerprint density at radius 1 is 1.23 bits per heavy atom. The number of aromatic carboxylic acids is 1. The number of hydrogen-bond acceptors (Lipinski definition) is 2. The molecule has 1 N–H and O–H groups in total. The van der Waals surface area contributed by atoms with Gasteiger partial charge in [0.25, 0.3) is 0 Å². The molecule has 0 atom stereocenters. The average molecular weight is 369 g/mol. The Labute approximate surface area is 152 Å². The van der Waals surface area contributed by atoms with Crippen molar-refractivity contribution < 1.29 is 47.0 Å². The van der Waals surface area contributed by atoms with Gasteiger partial charge in [0.15, 0.2) is 0 Å². The van der Waals surface area contributed by atoms with Gasteiger partial charge in [-0.05, 0) is 30.7 Å². The molecule has 107 valence electrons. The van der Waals surface area contributed by atoms with Gasteiger partial charge in [-0.1, -0.05) is 0 Å². The summed E-state index contributed by atoms with van der Waals surface area (Å²) < 4.78 is 13.4. The van der Waals surface area contributed by atoms with Gasteiger partial charge in [-0.3, -0.25) is 0 Å². The van der Waals surface area contributed by atoms with Crippen LogP contribution in [-0.2, 0) is 32.7 Å². The van der Waals surface area contributed by atoms with E-state index in [0.717, 1.165) is 5.56 Å². The molecular weight excluding hydrogens is 358 g/mol. The zero-order valence-corrected chi connectivity index (χ0v) is 14.6. The van der Waals surface area contributed by atoms with Crippen molar-refractivity contribution in [1.29, 1.82) is 0 Å². The zero-order valence-electron chi connectivity index (χ0n) is 11.8. The summed E-state index contributed by atoms with van der Waals surface area (Å²) in [6.07, 6.45) is 0. The van der Waals surface area contributed by atoms with Crippen molar-refractivity contribution in [2.75, 3.05) is 0 Å². The summed E-state index contributed by atoms with van der Waals surface area (Å²) in [4.78, 5) is 16.1. The van der Waals surface area contributed by atoms with Crippen LogP contribution in [0, 0.1) is 18.8 Å². The van der Waals surface area contributed by atoms with Gasteiger partial charge in [0.05, 0.1) is 16.8 Å². The van der Waals surface area contributed by atoms with E-state index in [1.807, 2.05) is 12.1 Å². The fourth-order valence-electron chi connectivity index (χ4n) is 2.43. The van der Waals surface area contributed by atoms with Gasteiger partial charge in [0.2, 0.25) is 0 Å². The Balaban J connectivity index is 0.00000176. The molecular formula is C17H11FNO2Y-. The summed E-state index contributed by atoms with van der Waals surface area (Å²) in [5, 5.41) is 9.78. The molecule has 0 aliphatic carbocycles. The van der Waals surface area contributed by atoms with Crippen LogP contribution < -0.4 is 0 Å². The Morgan fingerprint density at radius 3 is 2.55 bits per heavy atom. The Hall–Kier alpha value is -1.65. The van der Waals surface area contributed by atoms with Crippen molar-refractivity contribution in [2.45, 2.75) is 6.92 Å². The first-order valence-corrected chi connectivity index (χ1v) is 6.37. The first-order valence-electron chi connectivity index (χ1n) is 6.37. The standard InChI is InChI=1S/C17H11FNO2.Y/c1-10-15(17(20)21)13-9-12(18)7-8-14(13)19-16(10)11-5-3-2-4-6-11;/h3-9H,1H3,(H,20,21);/q-1;. The van der Waals surface area contributed by atoms with E-state index >= 15 is 0 Å². The largest absolute Gasteiger partial charge is 0.478 e. The number of benzene rings is 2. The number of pyridine rings is 1.